The Bertz CT molecular complexity index is 757. The Labute approximate surface area is 139 Å². The van der Waals surface area contributed by atoms with Gasteiger partial charge in [0.2, 0.25) is 0 Å². The minimum atomic E-state index is 0.702. The fraction of sp³-hybridized carbons (Fsp3) is 0.176. The Hall–Kier alpha value is -2.31. The molecule has 3 rings (SSSR count). The molecular formula is C17H18N4OS. The summed E-state index contributed by atoms with van der Waals surface area (Å²) in [7, 11) is 1.91. The minimum absolute atomic E-state index is 0.702. The molecule has 0 fully saturated rings. The van der Waals surface area contributed by atoms with Crippen molar-refractivity contribution in [3.05, 3.63) is 60.4 Å². The molecule has 23 heavy (non-hydrogen) atoms. The summed E-state index contributed by atoms with van der Waals surface area (Å²) < 4.78 is 6.03. The number of nitrogens with zero attached hydrogens (tertiary/aromatic N) is 3. The van der Waals surface area contributed by atoms with Crippen molar-refractivity contribution >= 4 is 11.8 Å². The van der Waals surface area contributed by atoms with E-state index in [0.717, 1.165) is 22.7 Å². The summed E-state index contributed by atoms with van der Waals surface area (Å²) in [6, 6.07) is 14.0. The predicted molar refractivity (Wildman–Crippen MR) is 92.4 cm³/mol. The van der Waals surface area contributed by atoms with E-state index < -0.39 is 0 Å². The number of rotatable bonds is 6. The zero-order chi connectivity index (χ0) is 16.1. The van der Waals surface area contributed by atoms with Crippen LogP contribution in [0, 0.1) is 0 Å². The van der Waals surface area contributed by atoms with E-state index in [1.807, 2.05) is 37.4 Å². The molecule has 1 aromatic heterocycles. The second-order valence-corrected chi connectivity index (χ2v) is 5.80. The van der Waals surface area contributed by atoms with E-state index in [0.29, 0.717) is 6.54 Å². The van der Waals surface area contributed by atoms with Crippen LogP contribution in [0.25, 0.3) is 5.69 Å². The maximum Gasteiger partial charge on any atom is 0.132 e. The fourth-order valence-corrected chi connectivity index (χ4v) is 2.65. The molecule has 1 N–H and O–H groups in total. The first-order chi connectivity index (χ1) is 11.3. The van der Waals surface area contributed by atoms with Crippen LogP contribution >= 0.6 is 11.8 Å². The molecule has 0 unspecified atom stereocenters. The quantitative estimate of drug-likeness (QED) is 0.703. The highest BCUT2D eigenvalue weighted by Gasteiger charge is 2.08. The van der Waals surface area contributed by atoms with Crippen molar-refractivity contribution in [2.75, 3.05) is 13.3 Å². The van der Waals surface area contributed by atoms with Crippen LogP contribution in [-0.4, -0.2) is 28.3 Å². The average molecular weight is 326 g/mol. The Kier molecular flexibility index (Phi) is 4.95. The molecular weight excluding hydrogens is 308 g/mol. The summed E-state index contributed by atoms with van der Waals surface area (Å²) in [5.41, 5.74) is 1.96. The molecule has 0 aliphatic rings. The monoisotopic (exact) mass is 326 g/mol. The van der Waals surface area contributed by atoms with Crippen LogP contribution in [0.5, 0.6) is 11.5 Å². The topological polar surface area (TPSA) is 52.0 Å². The van der Waals surface area contributed by atoms with Gasteiger partial charge in [-0.2, -0.15) is 15.0 Å². The molecule has 0 atom stereocenters. The highest BCUT2D eigenvalue weighted by molar-refractivity contribution is 7.98. The predicted octanol–water partition coefficient (Wildman–Crippen LogP) is 3.50. The Morgan fingerprint density at radius 2 is 1.83 bits per heavy atom. The van der Waals surface area contributed by atoms with Gasteiger partial charge in [0.15, 0.2) is 0 Å². The molecule has 0 amide bonds. The van der Waals surface area contributed by atoms with Crippen molar-refractivity contribution in [3.8, 4) is 17.2 Å². The van der Waals surface area contributed by atoms with Crippen LogP contribution in [-0.2, 0) is 6.54 Å². The van der Waals surface area contributed by atoms with E-state index in [1.54, 1.807) is 29.0 Å². The lowest BCUT2D eigenvalue weighted by Gasteiger charge is -2.13. The molecule has 2 aromatic carbocycles. The van der Waals surface area contributed by atoms with Gasteiger partial charge >= 0.3 is 0 Å². The summed E-state index contributed by atoms with van der Waals surface area (Å²) in [6.45, 7) is 0.702. The van der Waals surface area contributed by atoms with Crippen LogP contribution in [0.3, 0.4) is 0 Å². The first-order valence-electron chi connectivity index (χ1n) is 7.26. The third-order valence-electron chi connectivity index (χ3n) is 3.35. The maximum absolute atomic E-state index is 6.03. The van der Waals surface area contributed by atoms with Crippen molar-refractivity contribution in [3.63, 3.8) is 0 Å². The van der Waals surface area contributed by atoms with Crippen LogP contribution in [0.2, 0.25) is 0 Å². The molecule has 0 bridgehead atoms. The smallest absolute Gasteiger partial charge is 0.132 e. The van der Waals surface area contributed by atoms with Crippen molar-refractivity contribution in [1.82, 2.24) is 20.3 Å². The Balaban J connectivity index is 1.88. The highest BCUT2D eigenvalue weighted by Crippen LogP contribution is 2.28. The number of hydrogen-bond donors (Lipinski definition) is 1. The normalized spacial score (nSPS) is 10.7. The third-order valence-corrected chi connectivity index (χ3v) is 4.09. The van der Waals surface area contributed by atoms with Gasteiger partial charge in [-0.1, -0.05) is 0 Å². The first-order valence-corrected chi connectivity index (χ1v) is 8.49. The summed E-state index contributed by atoms with van der Waals surface area (Å²) >= 11 is 1.71. The fourth-order valence-electron chi connectivity index (χ4n) is 2.24. The molecule has 0 aliphatic carbocycles. The van der Waals surface area contributed by atoms with Crippen LogP contribution < -0.4 is 10.1 Å². The number of benzene rings is 2. The van der Waals surface area contributed by atoms with E-state index in [4.69, 9.17) is 4.74 Å². The van der Waals surface area contributed by atoms with Gasteiger partial charge in [-0.05, 0) is 55.8 Å². The molecule has 118 valence electrons. The third kappa shape index (κ3) is 3.72. The number of nitrogens with one attached hydrogen (secondary N) is 1. The number of aromatic nitrogens is 3. The van der Waals surface area contributed by atoms with Crippen molar-refractivity contribution in [1.29, 1.82) is 0 Å². The lowest BCUT2D eigenvalue weighted by molar-refractivity contribution is 0.473. The lowest BCUT2D eigenvalue weighted by Crippen LogP contribution is -2.08. The van der Waals surface area contributed by atoms with E-state index in [9.17, 15) is 0 Å². The molecule has 6 heteroatoms. The zero-order valence-electron chi connectivity index (χ0n) is 13.1. The standard InChI is InChI=1S/C17H18N4OS/c1-18-12-13-11-14(21-19-9-10-20-21)3-8-17(13)22-15-4-6-16(23-2)7-5-15/h3-11,18H,12H2,1-2H3. The van der Waals surface area contributed by atoms with Crippen LogP contribution in [0.1, 0.15) is 5.56 Å². The van der Waals surface area contributed by atoms with Gasteiger partial charge in [0, 0.05) is 17.0 Å². The van der Waals surface area contributed by atoms with E-state index in [2.05, 4.69) is 33.9 Å². The van der Waals surface area contributed by atoms with E-state index >= 15 is 0 Å². The van der Waals surface area contributed by atoms with Crippen molar-refractivity contribution < 1.29 is 4.74 Å². The second kappa shape index (κ2) is 7.30. The molecule has 3 aromatic rings. The molecule has 0 radical (unpaired) electrons. The first kappa shape index (κ1) is 15.6. The van der Waals surface area contributed by atoms with Gasteiger partial charge in [-0.25, -0.2) is 0 Å². The van der Waals surface area contributed by atoms with E-state index in [-0.39, 0.29) is 0 Å². The van der Waals surface area contributed by atoms with Crippen molar-refractivity contribution in [2.24, 2.45) is 0 Å². The molecule has 0 saturated heterocycles. The van der Waals surface area contributed by atoms with Gasteiger partial charge in [0.05, 0.1) is 18.1 Å². The second-order valence-electron chi connectivity index (χ2n) is 4.92. The number of thioether (sulfide) groups is 1. The van der Waals surface area contributed by atoms with Gasteiger partial charge < -0.3 is 10.1 Å². The zero-order valence-corrected chi connectivity index (χ0v) is 13.9. The molecule has 0 spiro atoms. The van der Waals surface area contributed by atoms with Gasteiger partial charge in [0.1, 0.15) is 11.5 Å². The molecule has 0 saturated carbocycles. The molecule has 0 aliphatic heterocycles. The number of hydrogen-bond acceptors (Lipinski definition) is 5. The minimum Gasteiger partial charge on any atom is -0.457 e. The average Bonchev–Trinajstić information content (AvgIpc) is 3.12. The summed E-state index contributed by atoms with van der Waals surface area (Å²) in [5.74, 6) is 1.65. The summed E-state index contributed by atoms with van der Waals surface area (Å²) in [5, 5.41) is 11.5. The van der Waals surface area contributed by atoms with Crippen LogP contribution in [0.4, 0.5) is 0 Å². The summed E-state index contributed by atoms with van der Waals surface area (Å²) in [4.78, 5) is 2.81. The van der Waals surface area contributed by atoms with Crippen LogP contribution in [0.15, 0.2) is 59.8 Å². The van der Waals surface area contributed by atoms with Gasteiger partial charge in [-0.3, -0.25) is 0 Å². The largest absolute Gasteiger partial charge is 0.457 e. The SMILES string of the molecule is CNCc1cc(-n2nccn2)ccc1Oc1ccc(SC)cc1. The molecule has 5 nitrogen and oxygen atoms in total. The van der Waals surface area contributed by atoms with Gasteiger partial charge in [-0.15, -0.1) is 11.8 Å². The number of ether oxygens (including phenoxy) is 1. The van der Waals surface area contributed by atoms with Gasteiger partial charge in [0.25, 0.3) is 0 Å². The molecule has 1 heterocycles. The van der Waals surface area contributed by atoms with Crippen molar-refractivity contribution in [2.45, 2.75) is 11.4 Å². The lowest BCUT2D eigenvalue weighted by atomic mass is 10.1. The maximum atomic E-state index is 6.03. The highest BCUT2D eigenvalue weighted by atomic mass is 32.2. The van der Waals surface area contributed by atoms with E-state index in [1.165, 1.54) is 4.90 Å². The summed E-state index contributed by atoms with van der Waals surface area (Å²) in [6.07, 6.45) is 5.38. The Morgan fingerprint density at radius 1 is 1.09 bits per heavy atom. The Morgan fingerprint density at radius 3 is 2.48 bits per heavy atom.